The molecule has 0 aliphatic carbocycles. The molecule has 0 spiro atoms. The SMILES string of the molecule is CO[C@@H]1CCO[C@@H](C)OC1. The Kier molecular flexibility index (Phi) is 3.12. The normalized spacial score (nSPS) is 35.4. The van der Waals surface area contributed by atoms with E-state index in [1.807, 2.05) is 6.92 Å². The minimum atomic E-state index is -0.0693. The fourth-order valence-corrected chi connectivity index (χ4v) is 0.926. The van der Waals surface area contributed by atoms with Gasteiger partial charge in [-0.15, -0.1) is 0 Å². The molecule has 0 unspecified atom stereocenters. The first-order valence-corrected chi connectivity index (χ1v) is 3.59. The molecule has 2 atom stereocenters. The smallest absolute Gasteiger partial charge is 0.154 e. The molecule has 0 N–H and O–H groups in total. The van der Waals surface area contributed by atoms with Crippen molar-refractivity contribution >= 4 is 0 Å². The zero-order valence-corrected chi connectivity index (χ0v) is 6.50. The number of methoxy groups -OCH3 is 1. The molecule has 0 amide bonds. The van der Waals surface area contributed by atoms with E-state index in [2.05, 4.69) is 0 Å². The van der Waals surface area contributed by atoms with Gasteiger partial charge in [0.25, 0.3) is 0 Å². The molecular weight excluding hydrogens is 132 g/mol. The lowest BCUT2D eigenvalue weighted by Crippen LogP contribution is -2.17. The molecule has 0 saturated carbocycles. The molecule has 0 aromatic rings. The summed E-state index contributed by atoms with van der Waals surface area (Å²) < 4.78 is 15.6. The second-order valence-corrected chi connectivity index (χ2v) is 2.42. The van der Waals surface area contributed by atoms with Crippen molar-refractivity contribution in [3.63, 3.8) is 0 Å². The summed E-state index contributed by atoms with van der Waals surface area (Å²) in [6.07, 6.45) is 1.07. The van der Waals surface area contributed by atoms with E-state index in [-0.39, 0.29) is 12.4 Å². The first-order chi connectivity index (χ1) is 4.83. The maximum Gasteiger partial charge on any atom is 0.154 e. The first kappa shape index (κ1) is 7.98. The van der Waals surface area contributed by atoms with Gasteiger partial charge in [-0.3, -0.25) is 0 Å². The average Bonchev–Trinajstić information content (AvgIpc) is 2.14. The van der Waals surface area contributed by atoms with Gasteiger partial charge >= 0.3 is 0 Å². The third kappa shape index (κ3) is 2.25. The van der Waals surface area contributed by atoms with E-state index >= 15 is 0 Å². The monoisotopic (exact) mass is 146 g/mol. The lowest BCUT2D eigenvalue weighted by Gasteiger charge is -2.10. The van der Waals surface area contributed by atoms with Crippen LogP contribution in [0, 0.1) is 0 Å². The van der Waals surface area contributed by atoms with Crippen molar-refractivity contribution in [1.82, 2.24) is 0 Å². The molecule has 1 rings (SSSR count). The summed E-state index contributed by atoms with van der Waals surface area (Å²) in [6.45, 7) is 3.29. The van der Waals surface area contributed by atoms with Gasteiger partial charge < -0.3 is 14.2 Å². The summed E-state index contributed by atoms with van der Waals surface area (Å²) in [5.74, 6) is 0. The van der Waals surface area contributed by atoms with Crippen molar-refractivity contribution < 1.29 is 14.2 Å². The summed E-state index contributed by atoms with van der Waals surface area (Å²) in [5, 5.41) is 0. The molecule has 60 valence electrons. The second kappa shape index (κ2) is 3.91. The van der Waals surface area contributed by atoms with E-state index in [9.17, 15) is 0 Å². The summed E-state index contributed by atoms with van der Waals surface area (Å²) in [5.41, 5.74) is 0. The third-order valence-corrected chi connectivity index (χ3v) is 1.64. The molecule has 1 aliphatic heterocycles. The van der Waals surface area contributed by atoms with E-state index in [0.29, 0.717) is 6.61 Å². The van der Waals surface area contributed by atoms with Gasteiger partial charge in [0.05, 0.1) is 19.3 Å². The topological polar surface area (TPSA) is 27.7 Å². The van der Waals surface area contributed by atoms with Crippen LogP contribution in [-0.4, -0.2) is 32.7 Å². The van der Waals surface area contributed by atoms with E-state index in [0.717, 1.165) is 13.0 Å². The maximum absolute atomic E-state index is 5.26. The fraction of sp³-hybridized carbons (Fsp3) is 1.00. The van der Waals surface area contributed by atoms with E-state index in [1.165, 1.54) is 0 Å². The van der Waals surface area contributed by atoms with Gasteiger partial charge in [0.15, 0.2) is 6.29 Å². The fourth-order valence-electron chi connectivity index (χ4n) is 0.926. The Hall–Kier alpha value is -0.120. The van der Waals surface area contributed by atoms with Crippen LogP contribution in [0.15, 0.2) is 0 Å². The van der Waals surface area contributed by atoms with Crippen molar-refractivity contribution in [2.45, 2.75) is 25.7 Å². The quantitative estimate of drug-likeness (QED) is 0.547. The zero-order valence-electron chi connectivity index (χ0n) is 6.50. The highest BCUT2D eigenvalue weighted by molar-refractivity contribution is 4.58. The molecule has 0 aromatic carbocycles. The van der Waals surface area contributed by atoms with Crippen LogP contribution in [0.5, 0.6) is 0 Å². The van der Waals surface area contributed by atoms with Crippen molar-refractivity contribution in [3.8, 4) is 0 Å². The molecular formula is C7H14O3. The number of rotatable bonds is 1. The minimum absolute atomic E-state index is 0.0693. The van der Waals surface area contributed by atoms with Crippen LogP contribution in [0.4, 0.5) is 0 Å². The van der Waals surface area contributed by atoms with Gasteiger partial charge in [0.2, 0.25) is 0 Å². The lowest BCUT2D eigenvalue weighted by molar-refractivity contribution is -0.120. The van der Waals surface area contributed by atoms with E-state index in [1.54, 1.807) is 7.11 Å². The Morgan fingerprint density at radius 3 is 2.90 bits per heavy atom. The van der Waals surface area contributed by atoms with Gasteiger partial charge in [0, 0.05) is 7.11 Å². The van der Waals surface area contributed by atoms with Crippen LogP contribution in [0.1, 0.15) is 13.3 Å². The number of hydrogen-bond donors (Lipinski definition) is 0. The lowest BCUT2D eigenvalue weighted by atomic mass is 10.3. The Morgan fingerprint density at radius 1 is 1.40 bits per heavy atom. The minimum Gasteiger partial charge on any atom is -0.379 e. The van der Waals surface area contributed by atoms with Crippen LogP contribution < -0.4 is 0 Å². The van der Waals surface area contributed by atoms with Crippen molar-refractivity contribution in [1.29, 1.82) is 0 Å². The van der Waals surface area contributed by atoms with Gasteiger partial charge in [-0.1, -0.05) is 0 Å². The zero-order chi connectivity index (χ0) is 7.40. The summed E-state index contributed by atoms with van der Waals surface area (Å²) in [7, 11) is 1.70. The molecule has 0 aromatic heterocycles. The molecule has 1 fully saturated rings. The van der Waals surface area contributed by atoms with Crippen LogP contribution in [-0.2, 0) is 14.2 Å². The third-order valence-electron chi connectivity index (χ3n) is 1.64. The van der Waals surface area contributed by atoms with Gasteiger partial charge in [-0.2, -0.15) is 0 Å². The second-order valence-electron chi connectivity index (χ2n) is 2.42. The number of ether oxygens (including phenoxy) is 3. The van der Waals surface area contributed by atoms with Crippen LogP contribution >= 0.6 is 0 Å². The van der Waals surface area contributed by atoms with Crippen LogP contribution in [0.3, 0.4) is 0 Å². The molecule has 1 aliphatic rings. The molecule has 1 saturated heterocycles. The first-order valence-electron chi connectivity index (χ1n) is 3.59. The van der Waals surface area contributed by atoms with Crippen molar-refractivity contribution in [2.24, 2.45) is 0 Å². The Labute approximate surface area is 61.3 Å². The largest absolute Gasteiger partial charge is 0.379 e. The predicted octanol–water partition coefficient (Wildman–Crippen LogP) is 0.784. The van der Waals surface area contributed by atoms with Crippen molar-refractivity contribution in [2.75, 3.05) is 20.3 Å². The standard InChI is InChI=1S/C7H14O3/c1-6-9-4-3-7(8-2)5-10-6/h6-7H,3-5H2,1-2H3/t6-,7-/m1/s1. The Morgan fingerprint density at radius 2 is 2.20 bits per heavy atom. The summed E-state index contributed by atoms with van der Waals surface area (Å²) in [4.78, 5) is 0. The van der Waals surface area contributed by atoms with Crippen LogP contribution in [0.2, 0.25) is 0 Å². The van der Waals surface area contributed by atoms with Crippen molar-refractivity contribution in [3.05, 3.63) is 0 Å². The molecule has 0 bridgehead atoms. The average molecular weight is 146 g/mol. The molecule has 10 heavy (non-hydrogen) atoms. The van der Waals surface area contributed by atoms with E-state index in [4.69, 9.17) is 14.2 Å². The highest BCUT2D eigenvalue weighted by Gasteiger charge is 2.15. The molecule has 3 heteroatoms. The number of hydrogen-bond acceptors (Lipinski definition) is 3. The van der Waals surface area contributed by atoms with Crippen LogP contribution in [0.25, 0.3) is 0 Å². The highest BCUT2D eigenvalue weighted by Crippen LogP contribution is 2.07. The molecule has 3 nitrogen and oxygen atoms in total. The van der Waals surface area contributed by atoms with Gasteiger partial charge in [-0.05, 0) is 13.3 Å². The van der Waals surface area contributed by atoms with Gasteiger partial charge in [0.1, 0.15) is 0 Å². The maximum atomic E-state index is 5.26. The highest BCUT2D eigenvalue weighted by atomic mass is 16.7. The Balaban J connectivity index is 2.26. The predicted molar refractivity (Wildman–Crippen MR) is 36.8 cm³/mol. The molecule has 1 heterocycles. The van der Waals surface area contributed by atoms with Gasteiger partial charge in [-0.25, -0.2) is 0 Å². The van der Waals surface area contributed by atoms with E-state index < -0.39 is 0 Å². The summed E-state index contributed by atoms with van der Waals surface area (Å²) >= 11 is 0. The molecule has 0 radical (unpaired) electrons. The summed E-state index contributed by atoms with van der Waals surface area (Å²) in [6, 6.07) is 0. The Bertz CT molecular complexity index is 94.9.